The van der Waals surface area contributed by atoms with Crippen LogP contribution in [-0.2, 0) is 14.3 Å². The second-order valence-corrected chi connectivity index (χ2v) is 4.94. The van der Waals surface area contributed by atoms with E-state index in [0.29, 0.717) is 12.0 Å². The molecule has 3 nitrogen and oxygen atoms in total. The monoisotopic (exact) mass is 210 g/mol. The SMILES string of the molecule is C=CC(=O)OC(C)(C)C1CC2CCC1O2. The van der Waals surface area contributed by atoms with Gasteiger partial charge in [0.1, 0.15) is 5.60 Å². The number of carbonyl (C=O) groups excluding carboxylic acids is 1. The standard InChI is InChI=1S/C12H18O3/c1-4-11(13)15-12(2,3)9-7-8-5-6-10(9)14-8/h4,8-10H,1,5-7H2,2-3H3. The van der Waals surface area contributed by atoms with Crippen LogP contribution in [0.3, 0.4) is 0 Å². The van der Waals surface area contributed by atoms with Gasteiger partial charge in [0.15, 0.2) is 0 Å². The van der Waals surface area contributed by atoms with Gasteiger partial charge in [-0.15, -0.1) is 0 Å². The van der Waals surface area contributed by atoms with Crippen LogP contribution in [-0.4, -0.2) is 23.8 Å². The highest BCUT2D eigenvalue weighted by Crippen LogP contribution is 2.45. The molecular weight excluding hydrogens is 192 g/mol. The first-order valence-corrected chi connectivity index (χ1v) is 5.54. The minimum atomic E-state index is -0.439. The second-order valence-electron chi connectivity index (χ2n) is 4.94. The minimum Gasteiger partial charge on any atom is -0.456 e. The lowest BCUT2D eigenvalue weighted by molar-refractivity contribution is -0.157. The lowest BCUT2D eigenvalue weighted by atomic mass is 9.78. The summed E-state index contributed by atoms with van der Waals surface area (Å²) in [5.41, 5.74) is -0.439. The van der Waals surface area contributed by atoms with Crippen molar-refractivity contribution in [2.45, 2.75) is 50.9 Å². The maximum absolute atomic E-state index is 11.2. The van der Waals surface area contributed by atoms with Crippen molar-refractivity contribution in [3.63, 3.8) is 0 Å². The molecule has 2 aliphatic heterocycles. The van der Waals surface area contributed by atoms with E-state index in [4.69, 9.17) is 9.47 Å². The van der Waals surface area contributed by atoms with Gasteiger partial charge >= 0.3 is 5.97 Å². The van der Waals surface area contributed by atoms with Gasteiger partial charge < -0.3 is 9.47 Å². The van der Waals surface area contributed by atoms with E-state index in [0.717, 1.165) is 19.3 Å². The summed E-state index contributed by atoms with van der Waals surface area (Å²) in [6.07, 6.45) is 5.17. The molecule has 84 valence electrons. The molecule has 15 heavy (non-hydrogen) atoms. The van der Waals surface area contributed by atoms with Crippen LogP contribution in [0.25, 0.3) is 0 Å². The van der Waals surface area contributed by atoms with E-state index in [2.05, 4.69) is 6.58 Å². The molecule has 0 amide bonds. The van der Waals surface area contributed by atoms with Crippen LogP contribution in [0.1, 0.15) is 33.1 Å². The van der Waals surface area contributed by atoms with Gasteiger partial charge in [0.25, 0.3) is 0 Å². The molecular formula is C12H18O3. The van der Waals surface area contributed by atoms with Crippen LogP contribution < -0.4 is 0 Å². The molecule has 0 radical (unpaired) electrons. The van der Waals surface area contributed by atoms with Gasteiger partial charge in [-0.2, -0.15) is 0 Å². The number of rotatable bonds is 3. The first-order valence-electron chi connectivity index (χ1n) is 5.54. The van der Waals surface area contributed by atoms with Crippen molar-refractivity contribution in [1.82, 2.24) is 0 Å². The number of ether oxygens (including phenoxy) is 2. The zero-order valence-corrected chi connectivity index (χ0v) is 9.36. The smallest absolute Gasteiger partial charge is 0.330 e. The Morgan fingerprint density at radius 2 is 2.27 bits per heavy atom. The van der Waals surface area contributed by atoms with Gasteiger partial charge in [-0.25, -0.2) is 4.79 Å². The van der Waals surface area contributed by atoms with E-state index in [1.54, 1.807) is 0 Å². The minimum absolute atomic E-state index is 0.280. The molecule has 3 atom stereocenters. The van der Waals surface area contributed by atoms with Crippen molar-refractivity contribution in [1.29, 1.82) is 0 Å². The van der Waals surface area contributed by atoms with Crippen LogP contribution >= 0.6 is 0 Å². The van der Waals surface area contributed by atoms with Crippen LogP contribution in [0, 0.1) is 5.92 Å². The molecule has 0 aromatic carbocycles. The molecule has 2 heterocycles. The van der Waals surface area contributed by atoms with Crippen molar-refractivity contribution in [3.8, 4) is 0 Å². The van der Waals surface area contributed by atoms with Crippen LogP contribution in [0.15, 0.2) is 12.7 Å². The zero-order chi connectivity index (χ0) is 11.1. The molecule has 0 aromatic rings. The van der Waals surface area contributed by atoms with Gasteiger partial charge in [-0.3, -0.25) is 0 Å². The van der Waals surface area contributed by atoms with Crippen molar-refractivity contribution in [2.24, 2.45) is 5.92 Å². The molecule has 0 N–H and O–H groups in total. The summed E-state index contributed by atoms with van der Waals surface area (Å²) in [4.78, 5) is 11.2. The highest BCUT2D eigenvalue weighted by Gasteiger charge is 2.49. The largest absolute Gasteiger partial charge is 0.456 e. The fourth-order valence-corrected chi connectivity index (χ4v) is 2.75. The third kappa shape index (κ3) is 1.93. The Labute approximate surface area is 90.4 Å². The molecule has 0 aromatic heterocycles. The zero-order valence-electron chi connectivity index (χ0n) is 9.36. The van der Waals surface area contributed by atoms with E-state index in [1.807, 2.05) is 13.8 Å². The number of hydrogen-bond donors (Lipinski definition) is 0. The van der Waals surface area contributed by atoms with Gasteiger partial charge in [0.2, 0.25) is 0 Å². The molecule has 2 fully saturated rings. The predicted molar refractivity (Wildman–Crippen MR) is 56.4 cm³/mol. The summed E-state index contributed by atoms with van der Waals surface area (Å²) in [5, 5.41) is 0. The maximum Gasteiger partial charge on any atom is 0.330 e. The first-order chi connectivity index (χ1) is 7.03. The third-order valence-electron chi connectivity index (χ3n) is 3.53. The lowest BCUT2D eigenvalue weighted by Crippen LogP contribution is -2.41. The number of esters is 1. The average Bonchev–Trinajstić information content (AvgIpc) is 2.77. The fraction of sp³-hybridized carbons (Fsp3) is 0.750. The molecule has 0 aliphatic carbocycles. The fourth-order valence-electron chi connectivity index (χ4n) is 2.75. The Hall–Kier alpha value is -0.830. The molecule has 2 rings (SSSR count). The van der Waals surface area contributed by atoms with E-state index in [9.17, 15) is 4.79 Å². The Morgan fingerprint density at radius 3 is 2.73 bits per heavy atom. The molecule has 3 heteroatoms. The molecule has 2 aliphatic rings. The lowest BCUT2D eigenvalue weighted by Gasteiger charge is -2.34. The molecule has 0 saturated carbocycles. The summed E-state index contributed by atoms with van der Waals surface area (Å²) in [6.45, 7) is 7.34. The highest BCUT2D eigenvalue weighted by molar-refractivity contribution is 5.81. The summed E-state index contributed by atoms with van der Waals surface area (Å²) < 4.78 is 11.2. The van der Waals surface area contributed by atoms with E-state index >= 15 is 0 Å². The van der Waals surface area contributed by atoms with Gasteiger partial charge in [-0.1, -0.05) is 6.58 Å². The topological polar surface area (TPSA) is 35.5 Å². The van der Waals surface area contributed by atoms with Crippen molar-refractivity contribution in [3.05, 3.63) is 12.7 Å². The molecule has 3 unspecified atom stereocenters. The quantitative estimate of drug-likeness (QED) is 0.528. The summed E-state index contributed by atoms with van der Waals surface area (Å²) in [5.74, 6) is -0.0112. The number of fused-ring (bicyclic) bond motifs is 2. The van der Waals surface area contributed by atoms with Crippen LogP contribution in [0.5, 0.6) is 0 Å². The van der Waals surface area contributed by atoms with Gasteiger partial charge in [0, 0.05) is 12.0 Å². The van der Waals surface area contributed by atoms with Gasteiger partial charge in [0.05, 0.1) is 12.2 Å². The normalized spacial score (nSPS) is 34.1. The number of carbonyl (C=O) groups is 1. The van der Waals surface area contributed by atoms with Crippen LogP contribution in [0.4, 0.5) is 0 Å². The second kappa shape index (κ2) is 3.63. The van der Waals surface area contributed by atoms with Crippen molar-refractivity contribution < 1.29 is 14.3 Å². The molecule has 2 bridgehead atoms. The molecule has 0 spiro atoms. The summed E-state index contributed by atoms with van der Waals surface area (Å²) >= 11 is 0. The molecule has 2 saturated heterocycles. The van der Waals surface area contributed by atoms with Crippen molar-refractivity contribution in [2.75, 3.05) is 0 Å². The average molecular weight is 210 g/mol. The Bertz CT molecular complexity index is 283. The van der Waals surface area contributed by atoms with Gasteiger partial charge in [-0.05, 0) is 33.1 Å². The van der Waals surface area contributed by atoms with Crippen LogP contribution in [0.2, 0.25) is 0 Å². The first kappa shape index (κ1) is 10.7. The van der Waals surface area contributed by atoms with Crippen molar-refractivity contribution >= 4 is 5.97 Å². The Kier molecular flexibility index (Phi) is 2.59. The predicted octanol–water partition coefficient (Wildman–Crippen LogP) is 2.06. The maximum atomic E-state index is 11.2. The highest BCUT2D eigenvalue weighted by atomic mass is 16.6. The number of hydrogen-bond acceptors (Lipinski definition) is 3. The summed E-state index contributed by atoms with van der Waals surface area (Å²) in [7, 11) is 0. The Balaban J connectivity index is 2.02. The van der Waals surface area contributed by atoms with E-state index < -0.39 is 5.60 Å². The van der Waals surface area contributed by atoms with E-state index in [-0.39, 0.29) is 12.1 Å². The summed E-state index contributed by atoms with van der Waals surface area (Å²) in [6, 6.07) is 0. The van der Waals surface area contributed by atoms with E-state index in [1.165, 1.54) is 6.08 Å². The third-order valence-corrected chi connectivity index (χ3v) is 3.53. The Morgan fingerprint density at radius 1 is 1.53 bits per heavy atom.